The molecule has 0 aromatic heterocycles. The molecule has 0 saturated carbocycles. The van der Waals surface area contributed by atoms with Gasteiger partial charge in [0.05, 0.1) is 17.0 Å². The van der Waals surface area contributed by atoms with Gasteiger partial charge in [0.25, 0.3) is 0 Å². The van der Waals surface area contributed by atoms with Gasteiger partial charge in [-0.1, -0.05) is 0 Å². The first-order chi connectivity index (χ1) is 9.46. The molecule has 1 fully saturated rings. The van der Waals surface area contributed by atoms with E-state index in [4.69, 9.17) is 5.26 Å². The molecule has 0 spiro atoms. The molecule has 5 heteroatoms. The summed E-state index contributed by atoms with van der Waals surface area (Å²) in [5, 5.41) is 11.5. The average Bonchev–Trinajstić information content (AvgIpc) is 2.79. The Hall–Kier alpha value is -1.93. The fraction of sp³-hybridized carbons (Fsp3) is 0.467. The van der Waals surface area contributed by atoms with E-state index in [0.717, 1.165) is 18.5 Å². The maximum Gasteiger partial charge on any atom is 0.227 e. The van der Waals surface area contributed by atoms with E-state index in [1.54, 1.807) is 13.1 Å². The van der Waals surface area contributed by atoms with Gasteiger partial charge in [0.15, 0.2) is 0 Å². The van der Waals surface area contributed by atoms with Gasteiger partial charge in [0.2, 0.25) is 5.91 Å². The van der Waals surface area contributed by atoms with Crippen LogP contribution in [0.15, 0.2) is 18.2 Å². The van der Waals surface area contributed by atoms with Crippen molar-refractivity contribution in [2.75, 3.05) is 20.1 Å². The van der Waals surface area contributed by atoms with Gasteiger partial charge < -0.3 is 5.32 Å². The molecule has 106 valence electrons. The van der Waals surface area contributed by atoms with Crippen LogP contribution >= 0.6 is 0 Å². The van der Waals surface area contributed by atoms with Crippen LogP contribution in [0.5, 0.6) is 0 Å². The molecule has 1 aromatic rings. The molecule has 0 aliphatic carbocycles. The Morgan fingerprint density at radius 2 is 2.30 bits per heavy atom. The van der Waals surface area contributed by atoms with E-state index in [0.29, 0.717) is 18.7 Å². The lowest BCUT2D eigenvalue weighted by Gasteiger charge is -2.22. The summed E-state index contributed by atoms with van der Waals surface area (Å²) in [7, 11) is 1.64. The van der Waals surface area contributed by atoms with Crippen LogP contribution in [0.2, 0.25) is 0 Å². The summed E-state index contributed by atoms with van der Waals surface area (Å²) in [4.78, 5) is 14.0. The molecule has 2 rings (SSSR count). The van der Waals surface area contributed by atoms with Gasteiger partial charge in [-0.25, -0.2) is 4.39 Å². The molecule has 0 radical (unpaired) electrons. The third kappa shape index (κ3) is 2.97. The fourth-order valence-corrected chi connectivity index (χ4v) is 2.74. The van der Waals surface area contributed by atoms with Crippen LogP contribution in [0.4, 0.5) is 4.39 Å². The van der Waals surface area contributed by atoms with Crippen LogP contribution in [0.3, 0.4) is 0 Å². The lowest BCUT2D eigenvalue weighted by atomic mass is 9.89. The number of carbonyl (C=O) groups is 1. The molecule has 1 saturated heterocycles. The van der Waals surface area contributed by atoms with E-state index in [-0.39, 0.29) is 11.3 Å². The zero-order valence-corrected chi connectivity index (χ0v) is 11.7. The number of rotatable bonds is 3. The quantitative estimate of drug-likeness (QED) is 0.912. The van der Waals surface area contributed by atoms with E-state index < -0.39 is 5.82 Å². The summed E-state index contributed by atoms with van der Waals surface area (Å²) in [6.45, 7) is 3.94. The zero-order chi connectivity index (χ0) is 14.8. The van der Waals surface area contributed by atoms with Crippen molar-refractivity contribution in [2.45, 2.75) is 19.9 Å². The smallest absolute Gasteiger partial charge is 0.227 e. The summed E-state index contributed by atoms with van der Waals surface area (Å²) in [5.74, 6) is -0.357. The molecular formula is C15H18FN3O. The molecule has 1 aliphatic rings. The van der Waals surface area contributed by atoms with Crippen LogP contribution in [-0.4, -0.2) is 30.9 Å². The van der Waals surface area contributed by atoms with Gasteiger partial charge in [0, 0.05) is 20.1 Å². The van der Waals surface area contributed by atoms with E-state index >= 15 is 0 Å². The van der Waals surface area contributed by atoms with Crippen LogP contribution in [-0.2, 0) is 11.3 Å². The van der Waals surface area contributed by atoms with Gasteiger partial charge >= 0.3 is 0 Å². The van der Waals surface area contributed by atoms with Crippen LogP contribution in [0.25, 0.3) is 0 Å². The van der Waals surface area contributed by atoms with Crippen molar-refractivity contribution in [3.05, 3.63) is 35.1 Å². The monoisotopic (exact) mass is 275 g/mol. The van der Waals surface area contributed by atoms with Crippen LogP contribution < -0.4 is 5.32 Å². The summed E-state index contributed by atoms with van der Waals surface area (Å²) in [6, 6.07) is 6.31. The van der Waals surface area contributed by atoms with Crippen LogP contribution in [0, 0.1) is 22.6 Å². The van der Waals surface area contributed by atoms with Crippen molar-refractivity contribution < 1.29 is 9.18 Å². The minimum Gasteiger partial charge on any atom is -0.359 e. The maximum atomic E-state index is 13.4. The molecule has 1 aromatic carbocycles. The highest BCUT2D eigenvalue weighted by atomic mass is 19.1. The fourth-order valence-electron chi connectivity index (χ4n) is 2.74. The standard InChI is InChI=1S/C15H18FN3O/c1-15(14(20)18-2)3-4-19(10-15)9-12-5-11(8-17)6-13(16)7-12/h5-7H,3-4,9-10H2,1-2H3,(H,18,20). The molecule has 1 heterocycles. The van der Waals surface area contributed by atoms with Gasteiger partial charge in [0.1, 0.15) is 5.82 Å². The molecule has 1 atom stereocenters. The molecule has 1 amide bonds. The highest BCUT2D eigenvalue weighted by Crippen LogP contribution is 2.31. The third-order valence-electron chi connectivity index (χ3n) is 3.82. The molecule has 1 unspecified atom stereocenters. The Labute approximate surface area is 118 Å². The first-order valence-corrected chi connectivity index (χ1v) is 6.61. The number of benzene rings is 1. The van der Waals surface area contributed by atoms with Crippen molar-refractivity contribution in [1.82, 2.24) is 10.2 Å². The van der Waals surface area contributed by atoms with Crippen molar-refractivity contribution >= 4 is 5.91 Å². The first-order valence-electron chi connectivity index (χ1n) is 6.61. The maximum absolute atomic E-state index is 13.4. The highest BCUT2D eigenvalue weighted by Gasteiger charge is 2.39. The Balaban J connectivity index is 2.08. The molecular weight excluding hydrogens is 257 g/mol. The molecule has 1 aliphatic heterocycles. The predicted molar refractivity (Wildman–Crippen MR) is 73.2 cm³/mol. The minimum atomic E-state index is -0.396. The number of halogens is 1. The number of nitriles is 1. The topological polar surface area (TPSA) is 56.1 Å². The van der Waals surface area contributed by atoms with E-state index in [9.17, 15) is 9.18 Å². The lowest BCUT2D eigenvalue weighted by Crippen LogP contribution is -2.39. The Bertz CT molecular complexity index is 567. The molecule has 1 N–H and O–H groups in total. The summed E-state index contributed by atoms with van der Waals surface area (Å²) < 4.78 is 13.4. The number of hydrogen-bond acceptors (Lipinski definition) is 3. The van der Waals surface area contributed by atoms with Crippen molar-refractivity contribution in [3.8, 4) is 6.07 Å². The number of carbonyl (C=O) groups excluding carboxylic acids is 1. The van der Waals surface area contributed by atoms with Gasteiger partial charge in [-0.15, -0.1) is 0 Å². The normalized spacial score (nSPS) is 22.5. The number of nitrogens with one attached hydrogen (secondary N) is 1. The lowest BCUT2D eigenvalue weighted by molar-refractivity contribution is -0.129. The van der Waals surface area contributed by atoms with E-state index in [1.807, 2.05) is 13.0 Å². The number of hydrogen-bond donors (Lipinski definition) is 1. The summed E-state index contributed by atoms with van der Waals surface area (Å²) in [6.07, 6.45) is 0.785. The average molecular weight is 275 g/mol. The zero-order valence-electron chi connectivity index (χ0n) is 11.7. The van der Waals surface area contributed by atoms with Gasteiger partial charge in [-0.3, -0.25) is 9.69 Å². The SMILES string of the molecule is CNC(=O)C1(C)CCN(Cc2cc(F)cc(C#N)c2)C1. The van der Waals surface area contributed by atoms with Gasteiger partial charge in [-0.05, 0) is 43.7 Å². The Kier molecular flexibility index (Phi) is 4.05. The largest absolute Gasteiger partial charge is 0.359 e. The first kappa shape index (κ1) is 14.5. The second kappa shape index (κ2) is 5.59. The molecule has 20 heavy (non-hydrogen) atoms. The minimum absolute atomic E-state index is 0.0388. The Morgan fingerprint density at radius 1 is 1.55 bits per heavy atom. The number of nitrogens with zero attached hydrogens (tertiary/aromatic N) is 2. The summed E-state index contributed by atoms with van der Waals surface area (Å²) in [5.41, 5.74) is 0.705. The van der Waals surface area contributed by atoms with Crippen molar-refractivity contribution in [2.24, 2.45) is 5.41 Å². The van der Waals surface area contributed by atoms with E-state index in [1.165, 1.54) is 12.1 Å². The highest BCUT2D eigenvalue weighted by molar-refractivity contribution is 5.82. The second-order valence-electron chi connectivity index (χ2n) is 5.56. The third-order valence-corrected chi connectivity index (χ3v) is 3.82. The predicted octanol–water partition coefficient (Wildman–Crippen LogP) is 1.66. The second-order valence-corrected chi connectivity index (χ2v) is 5.56. The van der Waals surface area contributed by atoms with Crippen molar-refractivity contribution in [1.29, 1.82) is 5.26 Å². The summed E-state index contributed by atoms with van der Waals surface area (Å²) >= 11 is 0. The number of amides is 1. The molecule has 0 bridgehead atoms. The molecule has 4 nitrogen and oxygen atoms in total. The van der Waals surface area contributed by atoms with E-state index in [2.05, 4.69) is 10.2 Å². The van der Waals surface area contributed by atoms with Gasteiger partial charge in [-0.2, -0.15) is 5.26 Å². The number of likely N-dealkylation sites (tertiary alicyclic amines) is 1. The van der Waals surface area contributed by atoms with Crippen LogP contribution in [0.1, 0.15) is 24.5 Å². The van der Waals surface area contributed by atoms with Crippen molar-refractivity contribution in [3.63, 3.8) is 0 Å². The Morgan fingerprint density at radius 3 is 2.95 bits per heavy atom.